The number of hydrogen-bond donors (Lipinski definition) is 1. The van der Waals surface area contributed by atoms with E-state index in [1.165, 1.54) is 0 Å². The highest BCUT2D eigenvalue weighted by atomic mass is 16.5. The molecule has 3 nitrogen and oxygen atoms in total. The van der Waals surface area contributed by atoms with E-state index in [1.54, 1.807) is 0 Å². The maximum atomic E-state index is 5.66. The predicted octanol–water partition coefficient (Wildman–Crippen LogP) is 4.60. The van der Waals surface area contributed by atoms with E-state index in [4.69, 9.17) is 9.47 Å². The third-order valence-electron chi connectivity index (χ3n) is 2.57. The molecule has 0 aliphatic carbocycles. The summed E-state index contributed by atoms with van der Waals surface area (Å²) in [6, 6.07) is 22.9. The van der Waals surface area contributed by atoms with E-state index in [-0.39, 0.29) is 0 Å². The van der Waals surface area contributed by atoms with Crippen LogP contribution in [0.15, 0.2) is 72.8 Å². The van der Waals surface area contributed by atoms with E-state index in [2.05, 4.69) is 4.98 Å². The molecule has 94 valence electrons. The molecule has 1 heterocycles. The van der Waals surface area contributed by atoms with Crippen molar-refractivity contribution in [3.8, 4) is 23.3 Å². The van der Waals surface area contributed by atoms with Gasteiger partial charge in [0.25, 0.3) is 0 Å². The minimum Gasteiger partial charge on any atom is -0.441 e. The summed E-state index contributed by atoms with van der Waals surface area (Å²) in [6.07, 6.45) is 0. The van der Waals surface area contributed by atoms with Crippen molar-refractivity contribution in [2.24, 2.45) is 0 Å². The van der Waals surface area contributed by atoms with Gasteiger partial charge in [-0.25, -0.2) is 0 Å². The molecule has 0 radical (unpaired) electrons. The second-order valence-electron chi connectivity index (χ2n) is 4.02. The first-order valence-electron chi connectivity index (χ1n) is 6.05. The molecule has 3 rings (SSSR count). The molecule has 0 unspecified atom stereocenters. The normalized spacial score (nSPS) is 10.1. The molecule has 0 atom stereocenters. The lowest BCUT2D eigenvalue weighted by Crippen LogP contribution is -1.85. The van der Waals surface area contributed by atoms with Crippen LogP contribution < -0.4 is 9.47 Å². The van der Waals surface area contributed by atoms with Crippen molar-refractivity contribution >= 4 is 0 Å². The first-order chi connectivity index (χ1) is 9.40. The predicted molar refractivity (Wildman–Crippen MR) is 73.8 cm³/mol. The zero-order valence-electron chi connectivity index (χ0n) is 10.2. The van der Waals surface area contributed by atoms with E-state index >= 15 is 0 Å². The van der Waals surface area contributed by atoms with Crippen molar-refractivity contribution in [2.75, 3.05) is 0 Å². The molecule has 0 amide bonds. The van der Waals surface area contributed by atoms with Crippen molar-refractivity contribution in [1.29, 1.82) is 0 Å². The van der Waals surface area contributed by atoms with Crippen molar-refractivity contribution in [3.63, 3.8) is 0 Å². The quantitative estimate of drug-likeness (QED) is 0.735. The van der Waals surface area contributed by atoms with Gasteiger partial charge in [-0.05, 0) is 24.3 Å². The maximum Gasteiger partial charge on any atom is 0.200 e. The summed E-state index contributed by atoms with van der Waals surface area (Å²) in [7, 11) is 0. The monoisotopic (exact) mass is 251 g/mol. The number of hydrogen-bond acceptors (Lipinski definition) is 2. The standard InChI is InChI=1S/C16H13NO2/c1-3-7-13(8-4-1)18-15-11-12-16(17-15)19-14-9-5-2-6-10-14/h1-12,17H. The summed E-state index contributed by atoms with van der Waals surface area (Å²) in [5, 5.41) is 0. The van der Waals surface area contributed by atoms with E-state index in [1.807, 2.05) is 72.8 Å². The second-order valence-corrected chi connectivity index (χ2v) is 4.02. The fourth-order valence-corrected chi connectivity index (χ4v) is 1.71. The van der Waals surface area contributed by atoms with Crippen LogP contribution in [0.1, 0.15) is 0 Å². The summed E-state index contributed by atoms with van der Waals surface area (Å²) in [5.41, 5.74) is 0. The summed E-state index contributed by atoms with van der Waals surface area (Å²) < 4.78 is 11.3. The van der Waals surface area contributed by atoms with Gasteiger partial charge in [-0.15, -0.1) is 0 Å². The number of aromatic nitrogens is 1. The molecule has 0 spiro atoms. The number of benzene rings is 2. The van der Waals surface area contributed by atoms with Crippen LogP contribution in [0.2, 0.25) is 0 Å². The van der Waals surface area contributed by atoms with Crippen LogP contribution in [0.4, 0.5) is 0 Å². The number of H-pyrrole nitrogens is 1. The van der Waals surface area contributed by atoms with E-state index < -0.39 is 0 Å². The fraction of sp³-hybridized carbons (Fsp3) is 0. The Bertz CT molecular complexity index is 576. The molecular weight excluding hydrogens is 238 g/mol. The topological polar surface area (TPSA) is 34.2 Å². The van der Waals surface area contributed by atoms with Crippen LogP contribution in [0.25, 0.3) is 0 Å². The van der Waals surface area contributed by atoms with Gasteiger partial charge in [0.05, 0.1) is 0 Å². The number of ether oxygens (including phenoxy) is 2. The molecule has 3 aromatic rings. The van der Waals surface area contributed by atoms with Gasteiger partial charge in [-0.1, -0.05) is 36.4 Å². The van der Waals surface area contributed by atoms with Crippen molar-refractivity contribution in [2.45, 2.75) is 0 Å². The van der Waals surface area contributed by atoms with E-state index in [9.17, 15) is 0 Å². The molecule has 0 aliphatic rings. The summed E-state index contributed by atoms with van der Waals surface area (Å²) in [5.74, 6) is 2.88. The van der Waals surface area contributed by atoms with E-state index in [0.29, 0.717) is 11.8 Å². The highest BCUT2D eigenvalue weighted by Crippen LogP contribution is 2.26. The van der Waals surface area contributed by atoms with Gasteiger partial charge < -0.3 is 9.47 Å². The van der Waals surface area contributed by atoms with Gasteiger partial charge in [-0.3, -0.25) is 4.98 Å². The number of nitrogens with one attached hydrogen (secondary N) is 1. The molecule has 0 aliphatic heterocycles. The molecule has 0 fully saturated rings. The minimum absolute atomic E-state index is 0.650. The second kappa shape index (κ2) is 5.31. The lowest BCUT2D eigenvalue weighted by Gasteiger charge is -2.03. The van der Waals surface area contributed by atoms with Crippen LogP contribution in [0.3, 0.4) is 0 Å². The van der Waals surface area contributed by atoms with Gasteiger partial charge in [0.15, 0.2) is 11.8 Å². The SMILES string of the molecule is c1ccc(Oc2ccc(Oc3ccccc3)[nH]2)cc1. The number of aromatic amines is 1. The zero-order chi connectivity index (χ0) is 12.9. The minimum atomic E-state index is 0.650. The van der Waals surface area contributed by atoms with Gasteiger partial charge in [0, 0.05) is 12.1 Å². The van der Waals surface area contributed by atoms with Crippen molar-refractivity contribution in [3.05, 3.63) is 72.8 Å². The van der Waals surface area contributed by atoms with Crippen molar-refractivity contribution < 1.29 is 9.47 Å². The Morgan fingerprint density at radius 1 is 0.526 bits per heavy atom. The molecule has 1 aromatic heterocycles. The van der Waals surface area contributed by atoms with Crippen molar-refractivity contribution in [1.82, 2.24) is 4.98 Å². The molecule has 3 heteroatoms. The van der Waals surface area contributed by atoms with Crippen LogP contribution in [0.5, 0.6) is 23.3 Å². The lowest BCUT2D eigenvalue weighted by molar-refractivity contribution is 0.437. The van der Waals surface area contributed by atoms with Crippen LogP contribution in [0, 0.1) is 0 Å². The Kier molecular flexibility index (Phi) is 3.19. The molecular formula is C16H13NO2. The first-order valence-corrected chi connectivity index (χ1v) is 6.05. The van der Waals surface area contributed by atoms with Gasteiger partial charge in [-0.2, -0.15) is 0 Å². The highest BCUT2D eigenvalue weighted by Gasteiger charge is 2.02. The third-order valence-corrected chi connectivity index (χ3v) is 2.57. The summed E-state index contributed by atoms with van der Waals surface area (Å²) in [4.78, 5) is 3.07. The Balaban J connectivity index is 1.70. The largest absolute Gasteiger partial charge is 0.441 e. The summed E-state index contributed by atoms with van der Waals surface area (Å²) in [6.45, 7) is 0. The number of para-hydroxylation sites is 2. The Hall–Kier alpha value is -2.68. The molecule has 1 N–H and O–H groups in total. The highest BCUT2D eigenvalue weighted by molar-refractivity contribution is 5.32. The zero-order valence-corrected chi connectivity index (χ0v) is 10.2. The first kappa shape index (κ1) is 11.4. The molecule has 19 heavy (non-hydrogen) atoms. The molecule has 0 saturated heterocycles. The molecule has 2 aromatic carbocycles. The Labute approximate surface area is 111 Å². The molecule has 0 saturated carbocycles. The van der Waals surface area contributed by atoms with Gasteiger partial charge in [0.1, 0.15) is 11.5 Å². The third kappa shape index (κ3) is 2.96. The average molecular weight is 251 g/mol. The van der Waals surface area contributed by atoms with Crippen LogP contribution in [-0.4, -0.2) is 4.98 Å². The fourth-order valence-electron chi connectivity index (χ4n) is 1.71. The molecule has 0 bridgehead atoms. The smallest absolute Gasteiger partial charge is 0.200 e. The lowest BCUT2D eigenvalue weighted by atomic mass is 10.3. The van der Waals surface area contributed by atoms with Gasteiger partial charge in [0.2, 0.25) is 0 Å². The van der Waals surface area contributed by atoms with E-state index in [0.717, 1.165) is 11.5 Å². The summed E-state index contributed by atoms with van der Waals surface area (Å²) >= 11 is 0. The van der Waals surface area contributed by atoms with Crippen LogP contribution in [-0.2, 0) is 0 Å². The van der Waals surface area contributed by atoms with Crippen LogP contribution >= 0.6 is 0 Å². The maximum absolute atomic E-state index is 5.66. The van der Waals surface area contributed by atoms with Gasteiger partial charge >= 0.3 is 0 Å². The Morgan fingerprint density at radius 2 is 0.947 bits per heavy atom. The Morgan fingerprint density at radius 3 is 1.37 bits per heavy atom. The number of rotatable bonds is 4. The average Bonchev–Trinajstić information content (AvgIpc) is 2.88.